The van der Waals surface area contributed by atoms with Crippen LogP contribution in [0.5, 0.6) is 0 Å². The first-order chi connectivity index (χ1) is 49.5. The van der Waals surface area contributed by atoms with Crippen molar-refractivity contribution in [1.29, 1.82) is 1.28 Å². The van der Waals surface area contributed by atoms with Crippen molar-refractivity contribution in [2.45, 2.75) is 78.2 Å². The number of hydrogen-bond donors (Lipinski definition) is 4. The number of esters is 3. The van der Waals surface area contributed by atoms with Crippen molar-refractivity contribution < 1.29 is 33.7 Å². The normalized spacial score (nSPS) is 9.73. The van der Waals surface area contributed by atoms with Crippen LogP contribution in [0.25, 0.3) is 65.0 Å². The number of aryl methyl sites for hydroxylation is 5. The summed E-state index contributed by atoms with van der Waals surface area (Å²) in [5.74, 6) is -1.73. The lowest BCUT2D eigenvalue weighted by Gasteiger charge is -2.20. The maximum Gasteiger partial charge on any atom is 0.354 e. The van der Waals surface area contributed by atoms with Crippen LogP contribution in [0.3, 0.4) is 0 Å². The molecule has 2 atom stereocenters. The van der Waals surface area contributed by atoms with Crippen LogP contribution in [0.2, 0.25) is 0 Å². The third kappa shape index (κ3) is 28.0. The van der Waals surface area contributed by atoms with E-state index in [2.05, 4.69) is 38.5 Å². The maximum atomic E-state index is 11.8. The predicted molar refractivity (Wildman–Crippen MR) is 469 cm³/mol. The van der Waals surface area contributed by atoms with E-state index in [0.717, 1.165) is 67.2 Å². The van der Waals surface area contributed by atoms with Gasteiger partial charge in [0.1, 0.15) is 11.4 Å². The van der Waals surface area contributed by atoms with E-state index >= 15 is 0 Å². The number of ether oxygens (including phenoxy) is 3. The Labute approximate surface area is 658 Å². The van der Waals surface area contributed by atoms with Gasteiger partial charge in [-0.15, -0.1) is 30.2 Å². The van der Waals surface area contributed by atoms with E-state index in [1.807, 2.05) is 205 Å². The van der Waals surface area contributed by atoms with Crippen molar-refractivity contribution in [3.63, 3.8) is 0 Å². The molecule has 0 aliphatic rings. The number of pyridine rings is 5. The lowest BCUT2D eigenvalue weighted by molar-refractivity contribution is -0.138. The predicted octanol–water partition coefficient (Wildman–Crippen LogP) is 15.3. The fraction of sp³-hybridized carbons (Fsp3) is 0.253. The van der Waals surface area contributed by atoms with Crippen LogP contribution in [0, 0.1) is 0 Å². The van der Waals surface area contributed by atoms with Crippen LogP contribution in [0.1, 0.15) is 85.3 Å². The molecule has 0 aliphatic heterocycles. The number of nitrogens with zero attached hydrogens (tertiary/aromatic N) is 9. The molecule has 5 aromatic heterocycles. The molecule has 0 saturated carbocycles. The van der Waals surface area contributed by atoms with Crippen LogP contribution in [-0.4, -0.2) is 82.6 Å². The number of methoxy groups -OCH3 is 3. The maximum absolute atomic E-state index is 11.8. The molecule has 0 fully saturated rings. The molecule has 0 aliphatic carbocycles. The fourth-order valence-electron chi connectivity index (χ4n) is 10.3. The van der Waals surface area contributed by atoms with Gasteiger partial charge in [0.25, 0.3) is 0 Å². The summed E-state index contributed by atoms with van der Waals surface area (Å²) < 4.78 is 29.2. The molecule has 27 heteroatoms. The highest BCUT2D eigenvalue weighted by atomic mass is 35.5. The number of likely N-dealkylation sites (N-methyl/N-ethyl adjacent to an activating group) is 1. The first-order valence-electron chi connectivity index (χ1n) is 31.8. The first-order valence-corrected chi connectivity index (χ1v) is 33.6. The van der Waals surface area contributed by atoms with Crippen molar-refractivity contribution in [3.05, 3.63) is 314 Å². The molecule has 594 valence electrons. The summed E-state index contributed by atoms with van der Waals surface area (Å²) in [7, 11) is 19.2. The summed E-state index contributed by atoms with van der Waals surface area (Å²) >= 11 is 0. The molecular weight excluding hydrogens is 1450 g/mol. The van der Waals surface area contributed by atoms with Crippen molar-refractivity contribution in [2.24, 2.45) is 51.8 Å². The second-order valence-electron chi connectivity index (χ2n) is 21.8. The lowest BCUT2D eigenvalue weighted by atomic mass is 10.2. The van der Waals surface area contributed by atoms with E-state index in [4.69, 9.17) is 23.4 Å². The number of rotatable bonds is 11. The number of carbonyl (C=O) groups excluding carboxylic acids is 3. The summed E-state index contributed by atoms with van der Waals surface area (Å²) in [6.45, 7) is 0.844. The van der Waals surface area contributed by atoms with Gasteiger partial charge < -0.3 is 63.8 Å². The standard InChI is InChI=1S/C13H15NO4.C12H11NO3.C11H10N4O.2C11H12N2O.C11H11NO2.C7H9N.7CH4.ClH.H4P2/c1-14(10-7-5-4-6-8-10)11(13(16)18-3)9-12(15)17-2;1-13-9-6-4-3-5-8(9)11(14)7-10(13)12(15)16-2;1-15-8(7-13-14-12)6-11(16)9-4-2-3-5-10(9)15;2*1-13-8(7-12)6-11(14)9-4-2-3-5-10(9)13;1-12-8(7-13)6-11(14)9-4-2-3-5-10(9)12;1-8-7-5-3-2-4-6-7;;;;;;;;;1-2/h4-9H,1-3H3;3-7H,1-2H3;2-6H,7H2,1H3;2*2-6H,7,12H2,1H3;2-6,13H,7H2,1H3;2-6,8H,1H3;7*1H4;1H;1-2H2/b11-9+;;;;;;;;;;;;;;;/i;;;;;;;;;;;;;;;1T. The van der Waals surface area contributed by atoms with E-state index in [-0.39, 0.29) is 125 Å². The summed E-state index contributed by atoms with van der Waals surface area (Å²) in [6, 6.07) is 63.7. The second-order valence-corrected chi connectivity index (χ2v) is 21.8. The summed E-state index contributed by atoms with van der Waals surface area (Å²) in [5.41, 5.74) is 28.8. The number of aliphatic hydroxyl groups is 1. The van der Waals surface area contributed by atoms with Gasteiger partial charge in [0, 0.05) is 159 Å². The molecule has 0 saturated heterocycles. The Morgan fingerprint density at radius 2 is 0.818 bits per heavy atom. The first kappa shape index (κ1) is 103. The molecule has 0 amide bonds. The van der Waals surface area contributed by atoms with Crippen LogP contribution in [0.15, 0.2) is 253 Å². The molecule has 12 rings (SSSR count). The SMILES string of the molecule is C.C.C.C.C.C.C.CNc1ccccc1.COC(=O)/C=C(\C(=O)OC)N(C)c1ccccc1.COC(=O)c1cc(=O)c2ccccc2n1C.Cl.Cn1c(CN)cc(=O)c2ccccc21.Cn1c(CN)cc(=O)c2ccccc21.Cn1c(CN=[N+]=[N-])cc(=O)c2ccccc21.Cn1c(CO)cc(=O)c2ccccc21.[3H]PP. The number of nitrogens with two attached hydrogens (primary N) is 2. The second kappa shape index (κ2) is 53.5. The van der Waals surface area contributed by atoms with Gasteiger partial charge in [-0.05, 0) is 90.5 Å². The summed E-state index contributed by atoms with van der Waals surface area (Å²) in [5, 5.41) is 19.0. The molecule has 5 heterocycles. The van der Waals surface area contributed by atoms with Crippen molar-refractivity contribution in [3.8, 4) is 0 Å². The van der Waals surface area contributed by atoms with Crippen molar-refractivity contribution in [2.75, 3.05) is 45.6 Å². The average Bonchev–Trinajstić information content (AvgIpc) is 0.816. The van der Waals surface area contributed by atoms with Crippen LogP contribution in [-0.2, 0) is 85.3 Å². The molecule has 12 aromatic rings. The molecule has 6 N–H and O–H groups in total. The zero-order valence-corrected chi connectivity index (χ0v) is 61.7. The quantitative estimate of drug-likeness (QED) is 0.0178. The molecular formula is C83H113ClN12O12P2. The zero-order chi connectivity index (χ0) is 75.7. The number of hydrogen-bond acceptors (Lipinski definition) is 17. The number of fused-ring (bicyclic) bond motifs is 5. The van der Waals surface area contributed by atoms with Gasteiger partial charge in [-0.1, -0.05) is 154 Å². The highest BCUT2D eigenvalue weighted by Gasteiger charge is 2.19. The molecule has 24 nitrogen and oxygen atoms in total. The Kier molecular flexibility index (Phi) is 50.0. The third-order valence-electron chi connectivity index (χ3n) is 15.9. The van der Waals surface area contributed by atoms with Crippen LogP contribution < -0.4 is 48.8 Å². The third-order valence-corrected chi connectivity index (χ3v) is 15.9. The molecule has 2 unspecified atom stereocenters. The summed E-state index contributed by atoms with van der Waals surface area (Å²) in [4.78, 5) is 97.0. The number of nitrogens with one attached hydrogen (secondary N) is 1. The largest absolute Gasteiger partial charge is 0.466 e. The Hall–Kier alpha value is -11.3. The molecule has 0 bridgehead atoms. The lowest BCUT2D eigenvalue weighted by Crippen LogP contribution is -2.25. The molecule has 7 aromatic carbocycles. The minimum atomic E-state index is -0.613. The zero-order valence-electron chi connectivity index (χ0n) is 59.7. The van der Waals surface area contributed by atoms with Gasteiger partial charge in [-0.3, -0.25) is 24.0 Å². The van der Waals surface area contributed by atoms with Gasteiger partial charge in [0.15, 0.2) is 27.1 Å². The number of benzene rings is 7. The van der Waals surface area contributed by atoms with Gasteiger partial charge in [-0.25, -0.2) is 14.4 Å². The van der Waals surface area contributed by atoms with Gasteiger partial charge >= 0.3 is 17.9 Å². The number of carbonyl (C=O) groups is 3. The number of para-hydroxylation sites is 7. The van der Waals surface area contributed by atoms with E-state index in [9.17, 15) is 38.4 Å². The Morgan fingerprint density at radius 1 is 0.509 bits per heavy atom. The molecule has 0 radical (unpaired) electrons. The highest BCUT2D eigenvalue weighted by molar-refractivity contribution is 7.92. The Bertz CT molecular complexity index is 5050. The van der Waals surface area contributed by atoms with E-state index in [1.165, 1.54) is 39.5 Å². The Morgan fingerprint density at radius 3 is 1.14 bits per heavy atom. The minimum Gasteiger partial charge on any atom is -0.466 e. The van der Waals surface area contributed by atoms with Crippen LogP contribution in [0.4, 0.5) is 11.4 Å². The molecule has 0 spiro atoms. The van der Waals surface area contributed by atoms with Gasteiger partial charge in [0.05, 0.1) is 69.4 Å². The number of azide groups is 1. The van der Waals surface area contributed by atoms with Crippen molar-refractivity contribution in [1.82, 2.24) is 22.8 Å². The number of halogens is 1. The van der Waals surface area contributed by atoms with E-state index in [1.54, 1.807) is 66.0 Å². The minimum absolute atomic E-state index is 0. The molecule has 110 heavy (non-hydrogen) atoms. The monoisotopic (exact) mass is 1570 g/mol. The Balaban J connectivity index is -0.000000595. The van der Waals surface area contributed by atoms with Crippen molar-refractivity contribution >= 4 is 114 Å². The number of aliphatic hydroxyl groups excluding tert-OH is 1. The smallest absolute Gasteiger partial charge is 0.354 e. The fourth-order valence-corrected chi connectivity index (χ4v) is 10.3. The number of anilines is 2. The number of aromatic nitrogens is 5. The van der Waals surface area contributed by atoms with Gasteiger partial charge in [0.2, 0.25) is 0 Å². The summed E-state index contributed by atoms with van der Waals surface area (Å²) in [6.07, 6.45) is 1.10. The average molecular weight is 1570 g/mol. The van der Waals surface area contributed by atoms with Crippen LogP contribution >= 0.6 is 30.2 Å². The van der Waals surface area contributed by atoms with Gasteiger partial charge in [-0.2, -0.15) is 0 Å². The topological polar surface area (TPSA) is 325 Å². The van der Waals surface area contributed by atoms with E-state index < -0.39 is 17.9 Å². The van der Waals surface area contributed by atoms with E-state index in [0.29, 0.717) is 40.6 Å². The highest BCUT2D eigenvalue weighted by Crippen LogP contribution is 2.19.